The first-order chi connectivity index (χ1) is 12.9. The van der Waals surface area contributed by atoms with Gasteiger partial charge in [-0.15, -0.1) is 0 Å². The van der Waals surface area contributed by atoms with Gasteiger partial charge in [-0.2, -0.15) is 0 Å². The molecular weight excluding hydrogens is 344 g/mol. The summed E-state index contributed by atoms with van der Waals surface area (Å²) < 4.78 is 10.8. The number of carbonyl (C=O) groups excluding carboxylic acids is 2. The van der Waals surface area contributed by atoms with E-state index < -0.39 is 0 Å². The van der Waals surface area contributed by atoms with E-state index in [1.54, 1.807) is 31.4 Å². The zero-order valence-electron chi connectivity index (χ0n) is 16.2. The molecule has 27 heavy (non-hydrogen) atoms. The van der Waals surface area contributed by atoms with E-state index in [4.69, 9.17) is 9.47 Å². The van der Waals surface area contributed by atoms with Gasteiger partial charge in [-0.3, -0.25) is 9.59 Å². The first-order valence-electron chi connectivity index (χ1n) is 8.81. The average molecular weight is 370 g/mol. The van der Waals surface area contributed by atoms with Crippen LogP contribution >= 0.6 is 0 Å². The summed E-state index contributed by atoms with van der Waals surface area (Å²) in [7, 11) is 1.55. The van der Waals surface area contributed by atoms with Crippen molar-refractivity contribution in [1.29, 1.82) is 0 Å². The van der Waals surface area contributed by atoms with Gasteiger partial charge in [-0.25, -0.2) is 0 Å². The summed E-state index contributed by atoms with van der Waals surface area (Å²) in [5, 5.41) is 5.49. The molecule has 0 aliphatic carbocycles. The van der Waals surface area contributed by atoms with E-state index >= 15 is 0 Å². The Labute approximate surface area is 159 Å². The van der Waals surface area contributed by atoms with Gasteiger partial charge in [0, 0.05) is 18.7 Å². The predicted octanol–water partition coefficient (Wildman–Crippen LogP) is 2.55. The Morgan fingerprint density at radius 1 is 0.963 bits per heavy atom. The van der Waals surface area contributed by atoms with Gasteiger partial charge in [0.15, 0.2) is 6.61 Å². The quantitative estimate of drug-likeness (QED) is 0.700. The van der Waals surface area contributed by atoms with Crippen molar-refractivity contribution in [2.24, 2.45) is 0 Å². The maximum absolute atomic E-state index is 12.1. The van der Waals surface area contributed by atoms with Crippen molar-refractivity contribution in [1.82, 2.24) is 10.6 Å². The number of hydrogen-bond donors (Lipinski definition) is 2. The highest BCUT2D eigenvalue weighted by atomic mass is 16.5. The SMILES string of the molecule is COc1cccc(C(=O)NCCNC(=O)COc2c(C)ccc(C)c2C)c1. The van der Waals surface area contributed by atoms with Gasteiger partial charge in [-0.1, -0.05) is 18.2 Å². The zero-order chi connectivity index (χ0) is 19.8. The molecule has 0 unspecified atom stereocenters. The summed E-state index contributed by atoms with van der Waals surface area (Å²) in [5.74, 6) is 0.919. The molecule has 0 aromatic heterocycles. The Hall–Kier alpha value is -3.02. The van der Waals surface area contributed by atoms with Crippen LogP contribution in [0.2, 0.25) is 0 Å². The molecule has 6 heteroatoms. The Balaban J connectivity index is 1.73. The Bertz CT molecular complexity index is 818. The van der Waals surface area contributed by atoms with Crippen LogP contribution in [-0.2, 0) is 4.79 Å². The van der Waals surface area contributed by atoms with Crippen LogP contribution in [0, 0.1) is 20.8 Å². The molecule has 0 atom stereocenters. The van der Waals surface area contributed by atoms with Crippen LogP contribution in [-0.4, -0.2) is 38.6 Å². The molecule has 2 aromatic carbocycles. The average Bonchev–Trinajstić information content (AvgIpc) is 2.68. The third-order valence-corrected chi connectivity index (χ3v) is 4.29. The number of rotatable bonds is 8. The number of hydrogen-bond acceptors (Lipinski definition) is 4. The molecule has 0 fully saturated rings. The fraction of sp³-hybridized carbons (Fsp3) is 0.333. The molecule has 0 saturated heterocycles. The second-order valence-corrected chi connectivity index (χ2v) is 6.28. The van der Waals surface area contributed by atoms with Gasteiger partial charge < -0.3 is 20.1 Å². The highest BCUT2D eigenvalue weighted by Crippen LogP contribution is 2.25. The van der Waals surface area contributed by atoms with E-state index in [0.717, 1.165) is 22.4 Å². The number of carbonyl (C=O) groups is 2. The van der Waals surface area contributed by atoms with Gasteiger partial charge in [0.05, 0.1) is 7.11 Å². The van der Waals surface area contributed by atoms with Gasteiger partial charge in [0.2, 0.25) is 0 Å². The summed E-state index contributed by atoms with van der Waals surface area (Å²) in [6.45, 7) is 6.52. The molecular formula is C21H26N2O4. The molecule has 2 amide bonds. The lowest BCUT2D eigenvalue weighted by Gasteiger charge is -2.14. The zero-order valence-corrected chi connectivity index (χ0v) is 16.2. The minimum atomic E-state index is -0.231. The van der Waals surface area contributed by atoms with Gasteiger partial charge in [0.1, 0.15) is 11.5 Å². The van der Waals surface area contributed by atoms with E-state index in [1.807, 2.05) is 32.9 Å². The fourth-order valence-corrected chi connectivity index (χ4v) is 2.58. The number of aryl methyl sites for hydroxylation is 2. The largest absolute Gasteiger partial charge is 0.497 e. The first-order valence-corrected chi connectivity index (χ1v) is 8.81. The molecule has 2 aromatic rings. The van der Waals surface area contributed by atoms with Gasteiger partial charge in [-0.05, 0) is 55.7 Å². The number of nitrogens with one attached hydrogen (secondary N) is 2. The molecule has 0 saturated carbocycles. The van der Waals surface area contributed by atoms with Gasteiger partial charge >= 0.3 is 0 Å². The van der Waals surface area contributed by atoms with Crippen molar-refractivity contribution in [3.05, 3.63) is 58.7 Å². The standard InChI is InChI=1S/C21H26N2O4/c1-14-8-9-15(2)20(16(14)3)27-13-19(24)22-10-11-23-21(25)17-6-5-7-18(12-17)26-4/h5-9,12H,10-11,13H2,1-4H3,(H,22,24)(H,23,25). The monoisotopic (exact) mass is 370 g/mol. The third-order valence-electron chi connectivity index (χ3n) is 4.29. The molecule has 0 radical (unpaired) electrons. The fourth-order valence-electron chi connectivity index (χ4n) is 2.58. The predicted molar refractivity (Wildman–Crippen MR) is 104 cm³/mol. The summed E-state index contributed by atoms with van der Waals surface area (Å²) >= 11 is 0. The van der Waals surface area contributed by atoms with Crippen LogP contribution in [0.15, 0.2) is 36.4 Å². The second kappa shape index (κ2) is 9.62. The van der Waals surface area contributed by atoms with Crippen molar-refractivity contribution < 1.29 is 19.1 Å². The van der Waals surface area contributed by atoms with Crippen LogP contribution < -0.4 is 20.1 Å². The number of benzene rings is 2. The van der Waals surface area contributed by atoms with E-state index in [-0.39, 0.29) is 18.4 Å². The maximum atomic E-state index is 12.1. The molecule has 2 N–H and O–H groups in total. The topological polar surface area (TPSA) is 76.7 Å². The maximum Gasteiger partial charge on any atom is 0.258 e. The van der Waals surface area contributed by atoms with E-state index in [9.17, 15) is 9.59 Å². The van der Waals surface area contributed by atoms with Crippen LogP contribution in [0.3, 0.4) is 0 Å². The van der Waals surface area contributed by atoms with Crippen molar-refractivity contribution in [3.63, 3.8) is 0 Å². The minimum absolute atomic E-state index is 0.0606. The smallest absolute Gasteiger partial charge is 0.258 e. The summed E-state index contributed by atoms with van der Waals surface area (Å²) in [4.78, 5) is 24.0. The molecule has 0 aliphatic heterocycles. The van der Waals surface area contributed by atoms with E-state index in [0.29, 0.717) is 24.4 Å². The Kier molecular flexibility index (Phi) is 7.23. The highest BCUT2D eigenvalue weighted by molar-refractivity contribution is 5.94. The molecule has 0 spiro atoms. The summed E-state index contributed by atoms with van der Waals surface area (Å²) in [6.07, 6.45) is 0. The minimum Gasteiger partial charge on any atom is -0.497 e. The molecule has 0 bridgehead atoms. The van der Waals surface area contributed by atoms with Crippen LogP contribution in [0.5, 0.6) is 11.5 Å². The first kappa shape index (κ1) is 20.3. The summed E-state index contributed by atoms with van der Waals surface area (Å²) in [6, 6.07) is 10.9. The molecule has 0 aliphatic rings. The van der Waals surface area contributed by atoms with Crippen LogP contribution in [0.1, 0.15) is 27.0 Å². The second-order valence-electron chi connectivity index (χ2n) is 6.28. The normalized spacial score (nSPS) is 10.2. The van der Waals surface area contributed by atoms with Gasteiger partial charge in [0.25, 0.3) is 11.8 Å². The Morgan fingerprint density at radius 3 is 2.41 bits per heavy atom. The molecule has 6 nitrogen and oxygen atoms in total. The highest BCUT2D eigenvalue weighted by Gasteiger charge is 2.10. The van der Waals surface area contributed by atoms with Crippen molar-refractivity contribution in [2.75, 3.05) is 26.8 Å². The lowest BCUT2D eigenvalue weighted by Crippen LogP contribution is -2.36. The number of methoxy groups -OCH3 is 1. The lowest BCUT2D eigenvalue weighted by molar-refractivity contribution is -0.123. The van der Waals surface area contributed by atoms with Crippen molar-refractivity contribution in [3.8, 4) is 11.5 Å². The number of ether oxygens (including phenoxy) is 2. The summed E-state index contributed by atoms with van der Waals surface area (Å²) in [5.41, 5.74) is 3.66. The van der Waals surface area contributed by atoms with E-state index in [1.165, 1.54) is 0 Å². The van der Waals surface area contributed by atoms with Crippen molar-refractivity contribution in [2.45, 2.75) is 20.8 Å². The van der Waals surface area contributed by atoms with E-state index in [2.05, 4.69) is 10.6 Å². The number of amides is 2. The van der Waals surface area contributed by atoms with Crippen LogP contribution in [0.4, 0.5) is 0 Å². The Morgan fingerprint density at radius 2 is 1.67 bits per heavy atom. The molecule has 144 valence electrons. The lowest BCUT2D eigenvalue weighted by atomic mass is 10.1. The molecule has 2 rings (SSSR count). The third kappa shape index (κ3) is 5.74. The van der Waals surface area contributed by atoms with Crippen LogP contribution in [0.25, 0.3) is 0 Å². The van der Waals surface area contributed by atoms with Crippen molar-refractivity contribution >= 4 is 11.8 Å². The molecule has 0 heterocycles.